The summed E-state index contributed by atoms with van der Waals surface area (Å²) in [6, 6.07) is 22.9. The highest BCUT2D eigenvalue weighted by Crippen LogP contribution is 2.37. The number of hydrogen-bond donors (Lipinski definition) is 1. The summed E-state index contributed by atoms with van der Waals surface area (Å²) in [5.74, 6) is 0.364. The quantitative estimate of drug-likeness (QED) is 0.134. The summed E-state index contributed by atoms with van der Waals surface area (Å²) in [5, 5.41) is 6.50. The lowest BCUT2D eigenvalue weighted by molar-refractivity contribution is -0.0432. The van der Waals surface area contributed by atoms with Gasteiger partial charge in [-0.1, -0.05) is 81.4 Å². The number of halogens is 1. The molecule has 2 aromatic carbocycles. The summed E-state index contributed by atoms with van der Waals surface area (Å²) < 4.78 is 18.7. The Hall–Kier alpha value is -2.30. The zero-order valence-corrected chi connectivity index (χ0v) is 25.7. The van der Waals surface area contributed by atoms with Crippen LogP contribution < -0.4 is 15.7 Å². The Morgan fingerprint density at radius 1 is 1.13 bits per heavy atom. The lowest BCUT2D eigenvalue weighted by Crippen LogP contribution is -2.67. The SMILES string of the molecule is CCOC(=O)c1cc(Br)c(NC(CO[Si](c2ccccc2)(c2ccccc2)C(C)(C)C)=NC[C@@H]2CCO2)s1. The minimum atomic E-state index is -2.75. The molecule has 0 saturated carbocycles. The van der Waals surface area contributed by atoms with Crippen molar-refractivity contribution in [1.82, 2.24) is 0 Å². The molecule has 38 heavy (non-hydrogen) atoms. The molecule has 0 radical (unpaired) electrons. The van der Waals surface area contributed by atoms with E-state index in [4.69, 9.17) is 18.9 Å². The number of esters is 1. The molecule has 1 saturated heterocycles. The van der Waals surface area contributed by atoms with Gasteiger partial charge in [0.1, 0.15) is 15.7 Å². The van der Waals surface area contributed by atoms with Gasteiger partial charge in [-0.05, 0) is 50.8 Å². The second kappa shape index (κ2) is 12.7. The number of rotatable bonds is 10. The van der Waals surface area contributed by atoms with Gasteiger partial charge in [0, 0.05) is 6.61 Å². The number of benzene rings is 2. The molecule has 1 aromatic heterocycles. The van der Waals surface area contributed by atoms with Crippen LogP contribution in [0, 0.1) is 0 Å². The fourth-order valence-electron chi connectivity index (χ4n) is 4.59. The molecule has 0 spiro atoms. The molecule has 3 aromatic rings. The van der Waals surface area contributed by atoms with Gasteiger partial charge in [0.05, 0.1) is 30.3 Å². The molecule has 0 bridgehead atoms. The van der Waals surface area contributed by atoms with Crippen molar-refractivity contribution < 1.29 is 18.7 Å². The van der Waals surface area contributed by atoms with Gasteiger partial charge in [-0.15, -0.1) is 11.3 Å². The summed E-state index contributed by atoms with van der Waals surface area (Å²) in [6.07, 6.45) is 1.13. The third-order valence-corrected chi connectivity index (χ3v) is 13.4. The first-order valence-corrected chi connectivity index (χ1v) is 16.4. The van der Waals surface area contributed by atoms with Crippen LogP contribution in [0.15, 0.2) is 76.2 Å². The Labute approximate surface area is 238 Å². The monoisotopic (exact) mass is 614 g/mol. The number of anilines is 1. The van der Waals surface area contributed by atoms with Crippen molar-refractivity contribution in [3.05, 3.63) is 76.1 Å². The predicted octanol–water partition coefficient (Wildman–Crippen LogP) is 5.86. The molecule has 1 fully saturated rings. The molecule has 1 N–H and O–H groups in total. The molecule has 2 heterocycles. The van der Waals surface area contributed by atoms with Crippen LogP contribution in [0.3, 0.4) is 0 Å². The molecule has 1 atom stereocenters. The van der Waals surface area contributed by atoms with Gasteiger partial charge in [-0.3, -0.25) is 4.99 Å². The normalized spacial score (nSPS) is 16.1. The summed E-state index contributed by atoms with van der Waals surface area (Å²) in [4.78, 5) is 17.7. The van der Waals surface area contributed by atoms with E-state index >= 15 is 0 Å². The van der Waals surface area contributed by atoms with E-state index in [0.29, 0.717) is 30.5 Å². The molecule has 0 unspecified atom stereocenters. The third-order valence-electron chi connectivity index (χ3n) is 6.54. The molecule has 0 aliphatic carbocycles. The number of aliphatic imine (C=N–C) groups is 1. The van der Waals surface area contributed by atoms with E-state index in [1.807, 2.05) is 12.1 Å². The van der Waals surface area contributed by atoms with E-state index in [-0.39, 0.29) is 17.1 Å². The Kier molecular flexibility index (Phi) is 9.59. The van der Waals surface area contributed by atoms with Crippen LogP contribution in [0.25, 0.3) is 0 Å². The van der Waals surface area contributed by atoms with E-state index < -0.39 is 8.32 Å². The van der Waals surface area contributed by atoms with Crippen LogP contribution >= 0.6 is 27.3 Å². The molecule has 0 amide bonds. The summed E-state index contributed by atoms with van der Waals surface area (Å²) in [6.45, 7) is 10.5. The molecule has 1 aliphatic heterocycles. The van der Waals surface area contributed by atoms with Crippen LogP contribution in [0.4, 0.5) is 5.00 Å². The lowest BCUT2D eigenvalue weighted by atomic mass is 10.2. The number of nitrogens with zero attached hydrogens (tertiary/aromatic N) is 1. The van der Waals surface area contributed by atoms with Crippen molar-refractivity contribution in [2.75, 3.05) is 31.7 Å². The minimum absolute atomic E-state index is 0.126. The number of hydrogen-bond acceptors (Lipinski definition) is 6. The van der Waals surface area contributed by atoms with Gasteiger partial charge in [-0.2, -0.15) is 0 Å². The van der Waals surface area contributed by atoms with E-state index in [1.165, 1.54) is 21.7 Å². The van der Waals surface area contributed by atoms with Crippen LogP contribution in [0.1, 0.15) is 43.8 Å². The van der Waals surface area contributed by atoms with Gasteiger partial charge in [0.25, 0.3) is 8.32 Å². The van der Waals surface area contributed by atoms with Gasteiger partial charge in [0.2, 0.25) is 0 Å². The number of thiophene rings is 1. The highest BCUT2D eigenvalue weighted by Gasteiger charge is 2.50. The Morgan fingerprint density at radius 3 is 2.24 bits per heavy atom. The number of carbonyl (C=O) groups is 1. The van der Waals surface area contributed by atoms with E-state index in [0.717, 1.165) is 22.5 Å². The Morgan fingerprint density at radius 2 is 1.74 bits per heavy atom. The van der Waals surface area contributed by atoms with Crippen molar-refractivity contribution in [3.63, 3.8) is 0 Å². The number of amidine groups is 1. The predicted molar refractivity (Wildman–Crippen MR) is 162 cm³/mol. The fraction of sp³-hybridized carbons (Fsp3) is 0.379. The zero-order chi connectivity index (χ0) is 27.2. The molecule has 6 nitrogen and oxygen atoms in total. The highest BCUT2D eigenvalue weighted by molar-refractivity contribution is 9.10. The first-order chi connectivity index (χ1) is 18.2. The Balaban J connectivity index is 1.68. The minimum Gasteiger partial charge on any atom is -0.462 e. The van der Waals surface area contributed by atoms with Crippen LogP contribution in [0.2, 0.25) is 5.04 Å². The van der Waals surface area contributed by atoms with Crippen LogP contribution in [-0.4, -0.2) is 52.6 Å². The van der Waals surface area contributed by atoms with Crippen molar-refractivity contribution in [2.45, 2.75) is 45.3 Å². The highest BCUT2D eigenvalue weighted by atomic mass is 79.9. The van der Waals surface area contributed by atoms with Gasteiger partial charge in [-0.25, -0.2) is 4.79 Å². The third kappa shape index (κ3) is 6.46. The van der Waals surface area contributed by atoms with Crippen molar-refractivity contribution >= 4 is 62.8 Å². The average Bonchev–Trinajstić information content (AvgIpc) is 3.24. The maximum Gasteiger partial charge on any atom is 0.348 e. The van der Waals surface area contributed by atoms with Gasteiger partial charge >= 0.3 is 5.97 Å². The van der Waals surface area contributed by atoms with Gasteiger partial charge in [0.15, 0.2) is 0 Å². The van der Waals surface area contributed by atoms with Crippen molar-refractivity contribution in [1.29, 1.82) is 0 Å². The molecule has 9 heteroatoms. The maximum atomic E-state index is 12.3. The van der Waals surface area contributed by atoms with E-state index in [2.05, 4.69) is 90.5 Å². The molecule has 1 aliphatic rings. The van der Waals surface area contributed by atoms with E-state index in [1.54, 1.807) is 13.0 Å². The van der Waals surface area contributed by atoms with Crippen molar-refractivity contribution in [2.24, 2.45) is 4.99 Å². The summed E-state index contributed by atoms with van der Waals surface area (Å²) in [5.41, 5.74) is 0. The topological polar surface area (TPSA) is 69.2 Å². The number of ether oxygens (including phenoxy) is 2. The van der Waals surface area contributed by atoms with Crippen LogP contribution in [0.5, 0.6) is 0 Å². The second-order valence-electron chi connectivity index (χ2n) is 10.2. The summed E-state index contributed by atoms with van der Waals surface area (Å²) >= 11 is 4.93. The summed E-state index contributed by atoms with van der Waals surface area (Å²) in [7, 11) is -2.75. The Bertz CT molecular complexity index is 1200. The smallest absolute Gasteiger partial charge is 0.348 e. The first-order valence-electron chi connectivity index (χ1n) is 12.9. The maximum absolute atomic E-state index is 12.3. The first kappa shape index (κ1) is 28.7. The largest absolute Gasteiger partial charge is 0.462 e. The lowest BCUT2D eigenvalue weighted by Gasteiger charge is -2.43. The van der Waals surface area contributed by atoms with E-state index in [9.17, 15) is 4.79 Å². The fourth-order valence-corrected chi connectivity index (χ4v) is 10.7. The standard InChI is InChI=1S/C29H35BrN2O4SSi/c1-5-34-28(33)25-18-24(30)27(37-25)32-26(31-19-21-16-17-35-21)20-36-38(29(2,3)4,22-12-8-6-9-13-22)23-14-10-7-11-15-23/h6-15,18,21H,5,16-17,19-20H2,1-4H3,(H,31,32)/t21-/m0/s1. The van der Waals surface area contributed by atoms with Gasteiger partial charge < -0.3 is 19.2 Å². The molecule has 4 rings (SSSR count). The number of nitrogens with one attached hydrogen (secondary N) is 1. The zero-order valence-electron chi connectivity index (χ0n) is 22.3. The van der Waals surface area contributed by atoms with Crippen LogP contribution in [-0.2, 0) is 13.9 Å². The molecular formula is C29H35BrN2O4SSi. The molecular weight excluding hydrogens is 580 g/mol. The molecule has 202 valence electrons. The second-order valence-corrected chi connectivity index (χ2v) is 16.4. The average molecular weight is 616 g/mol. The van der Waals surface area contributed by atoms with Crippen molar-refractivity contribution in [3.8, 4) is 0 Å². The number of carbonyl (C=O) groups excluding carboxylic acids is 1.